The van der Waals surface area contributed by atoms with Gasteiger partial charge in [-0.1, -0.05) is 0 Å². The number of nitrogens with zero attached hydrogens (tertiary/aromatic N) is 2. The van der Waals surface area contributed by atoms with Gasteiger partial charge in [0.1, 0.15) is 5.82 Å². The van der Waals surface area contributed by atoms with Gasteiger partial charge in [0, 0.05) is 17.7 Å². The lowest BCUT2D eigenvalue weighted by molar-refractivity contribution is 0.621. The van der Waals surface area contributed by atoms with Crippen LogP contribution in [0.5, 0.6) is 0 Å². The third kappa shape index (κ3) is 2.08. The van der Waals surface area contributed by atoms with Crippen molar-refractivity contribution in [2.75, 3.05) is 0 Å². The van der Waals surface area contributed by atoms with Crippen LogP contribution in [0.15, 0.2) is 18.5 Å². The Morgan fingerprint density at radius 3 is 2.91 bits per heavy atom. The fourth-order valence-corrected chi connectivity index (χ4v) is 0.580. The number of nitriles is 1. The van der Waals surface area contributed by atoms with Crippen LogP contribution in [0.25, 0.3) is 0 Å². The average molecular weight is 146 g/mol. The molecule has 1 heterocycles. The quantitative estimate of drug-likeness (QED) is 0.514. The molecule has 52 valence electrons. The zero-order valence-electron chi connectivity index (χ0n) is 5.50. The first kappa shape index (κ1) is 7.24. The molecule has 0 spiro atoms. The molecule has 0 bridgehead atoms. The molecule has 0 atom stereocenters. The van der Waals surface area contributed by atoms with Crippen molar-refractivity contribution in [2.45, 2.75) is 0 Å². The number of halogens is 1. The van der Waals surface area contributed by atoms with Gasteiger partial charge >= 0.3 is 0 Å². The first-order chi connectivity index (χ1) is 5.33. The monoisotopic (exact) mass is 146 g/mol. The fraction of sp³-hybridized carbons (Fsp3) is 0. The van der Waals surface area contributed by atoms with Crippen LogP contribution in [0.1, 0.15) is 5.56 Å². The molecule has 0 aromatic carbocycles. The van der Waals surface area contributed by atoms with Crippen LogP contribution in [-0.2, 0) is 0 Å². The number of pyridine rings is 1. The van der Waals surface area contributed by atoms with E-state index in [1.54, 1.807) is 6.07 Å². The van der Waals surface area contributed by atoms with Gasteiger partial charge in [0.15, 0.2) is 6.07 Å². The second-order valence-electron chi connectivity index (χ2n) is 1.75. The average Bonchev–Trinajstić information content (AvgIpc) is 2.01. The Balaban J connectivity index is 2.99. The van der Waals surface area contributed by atoms with Gasteiger partial charge in [-0.05, 0) is 12.0 Å². The van der Waals surface area contributed by atoms with Crippen molar-refractivity contribution in [1.82, 2.24) is 4.98 Å². The van der Waals surface area contributed by atoms with Crippen molar-refractivity contribution in [1.29, 1.82) is 5.26 Å². The van der Waals surface area contributed by atoms with E-state index in [0.717, 1.165) is 6.20 Å². The predicted molar refractivity (Wildman–Crippen MR) is 36.7 cm³/mol. The SMILES string of the molecule is N#CC#Cc1cncc(F)c1. The Morgan fingerprint density at radius 1 is 1.45 bits per heavy atom. The van der Waals surface area contributed by atoms with E-state index in [9.17, 15) is 4.39 Å². The summed E-state index contributed by atoms with van der Waals surface area (Å²) >= 11 is 0. The van der Waals surface area contributed by atoms with Crippen LogP contribution < -0.4 is 0 Å². The maximum atomic E-state index is 12.4. The molecule has 1 aromatic rings. The van der Waals surface area contributed by atoms with Crippen LogP contribution in [0.2, 0.25) is 0 Å². The molecule has 0 amide bonds. The number of hydrogen-bond donors (Lipinski definition) is 0. The third-order valence-corrected chi connectivity index (χ3v) is 0.968. The first-order valence-electron chi connectivity index (χ1n) is 2.83. The summed E-state index contributed by atoms with van der Waals surface area (Å²) in [6.45, 7) is 0. The van der Waals surface area contributed by atoms with Gasteiger partial charge in [-0.3, -0.25) is 4.98 Å². The summed E-state index contributed by atoms with van der Waals surface area (Å²) in [6.07, 6.45) is 2.48. The summed E-state index contributed by atoms with van der Waals surface area (Å²) in [5.41, 5.74) is 0.409. The summed E-state index contributed by atoms with van der Waals surface area (Å²) in [7, 11) is 0. The Bertz CT molecular complexity index is 354. The van der Waals surface area contributed by atoms with Crippen molar-refractivity contribution >= 4 is 0 Å². The van der Waals surface area contributed by atoms with Gasteiger partial charge in [0.05, 0.1) is 6.20 Å². The van der Waals surface area contributed by atoms with Gasteiger partial charge < -0.3 is 0 Å². The van der Waals surface area contributed by atoms with Gasteiger partial charge in [-0.25, -0.2) is 4.39 Å². The second kappa shape index (κ2) is 3.34. The Morgan fingerprint density at radius 2 is 2.27 bits per heavy atom. The highest BCUT2D eigenvalue weighted by Crippen LogP contribution is 1.97. The smallest absolute Gasteiger partial charge is 0.152 e. The van der Waals surface area contributed by atoms with Crippen molar-refractivity contribution < 1.29 is 4.39 Å². The Kier molecular flexibility index (Phi) is 2.20. The zero-order valence-corrected chi connectivity index (χ0v) is 5.50. The van der Waals surface area contributed by atoms with Gasteiger partial charge in [-0.15, -0.1) is 0 Å². The molecule has 0 radical (unpaired) electrons. The highest BCUT2D eigenvalue weighted by molar-refractivity contribution is 5.35. The standard InChI is InChI=1S/C8H3FN2/c9-8-4-7(2-1-3-10)5-11-6-8/h4-6H. The van der Waals surface area contributed by atoms with E-state index in [1.165, 1.54) is 12.3 Å². The third-order valence-electron chi connectivity index (χ3n) is 0.968. The molecule has 11 heavy (non-hydrogen) atoms. The van der Waals surface area contributed by atoms with Crippen LogP contribution in [0, 0.1) is 29.0 Å². The summed E-state index contributed by atoms with van der Waals surface area (Å²) in [6, 6.07) is 2.84. The second-order valence-corrected chi connectivity index (χ2v) is 1.75. The van der Waals surface area contributed by atoms with Crippen LogP contribution in [0.4, 0.5) is 4.39 Å². The molecule has 1 rings (SSSR count). The topological polar surface area (TPSA) is 36.7 Å². The van der Waals surface area contributed by atoms with Crippen LogP contribution in [-0.4, -0.2) is 4.98 Å². The van der Waals surface area contributed by atoms with Crippen molar-refractivity contribution in [3.05, 3.63) is 29.8 Å². The maximum absolute atomic E-state index is 12.4. The lowest BCUT2D eigenvalue weighted by Gasteiger charge is -1.86. The maximum Gasteiger partial charge on any atom is 0.152 e. The van der Waals surface area contributed by atoms with Crippen LogP contribution >= 0.6 is 0 Å². The lowest BCUT2D eigenvalue weighted by Crippen LogP contribution is -1.80. The molecule has 0 saturated heterocycles. The number of hydrogen-bond acceptors (Lipinski definition) is 2. The highest BCUT2D eigenvalue weighted by atomic mass is 19.1. The van der Waals surface area contributed by atoms with E-state index in [2.05, 4.69) is 16.8 Å². The van der Waals surface area contributed by atoms with Crippen molar-refractivity contribution in [3.8, 4) is 17.9 Å². The molecule has 3 heteroatoms. The first-order valence-corrected chi connectivity index (χ1v) is 2.83. The minimum Gasteiger partial charge on any atom is -0.260 e. The molecule has 0 N–H and O–H groups in total. The zero-order chi connectivity index (χ0) is 8.10. The molecule has 0 unspecified atom stereocenters. The van der Waals surface area contributed by atoms with E-state index >= 15 is 0 Å². The molecule has 0 fully saturated rings. The lowest BCUT2D eigenvalue weighted by atomic mass is 10.3. The van der Waals surface area contributed by atoms with E-state index in [0.29, 0.717) is 5.56 Å². The summed E-state index contributed by atoms with van der Waals surface area (Å²) in [5.74, 6) is 4.11. The summed E-state index contributed by atoms with van der Waals surface area (Å²) in [5, 5.41) is 8.06. The van der Waals surface area contributed by atoms with Crippen LogP contribution in [0.3, 0.4) is 0 Å². The molecule has 0 aliphatic rings. The number of aromatic nitrogens is 1. The predicted octanol–water partition coefficient (Wildman–Crippen LogP) is 1.10. The number of rotatable bonds is 0. The van der Waals surface area contributed by atoms with E-state index < -0.39 is 5.82 Å². The van der Waals surface area contributed by atoms with E-state index in [1.807, 2.05) is 0 Å². The largest absolute Gasteiger partial charge is 0.260 e. The summed E-state index contributed by atoms with van der Waals surface area (Å²) in [4.78, 5) is 3.55. The molecule has 0 aliphatic heterocycles. The van der Waals surface area contributed by atoms with Gasteiger partial charge in [-0.2, -0.15) is 5.26 Å². The van der Waals surface area contributed by atoms with E-state index in [-0.39, 0.29) is 0 Å². The minimum atomic E-state index is -0.449. The van der Waals surface area contributed by atoms with Crippen molar-refractivity contribution in [3.63, 3.8) is 0 Å². The molecule has 1 aromatic heterocycles. The van der Waals surface area contributed by atoms with E-state index in [4.69, 9.17) is 5.26 Å². The highest BCUT2D eigenvalue weighted by Gasteiger charge is 1.89. The molecular weight excluding hydrogens is 143 g/mol. The summed E-state index contributed by atoms with van der Waals surface area (Å²) < 4.78 is 12.4. The Labute approximate surface area is 63.3 Å². The van der Waals surface area contributed by atoms with Gasteiger partial charge in [0.2, 0.25) is 0 Å². The normalized spacial score (nSPS) is 7.64. The van der Waals surface area contributed by atoms with Gasteiger partial charge in [0.25, 0.3) is 0 Å². The molecule has 2 nitrogen and oxygen atoms in total. The van der Waals surface area contributed by atoms with Crippen molar-refractivity contribution in [2.24, 2.45) is 0 Å². The molecular formula is C8H3FN2. The minimum absolute atomic E-state index is 0.409. The molecule has 0 aliphatic carbocycles. The molecule has 0 saturated carbocycles. The fourth-order valence-electron chi connectivity index (χ4n) is 0.580. The Hall–Kier alpha value is -1.87.